The smallest absolute Gasteiger partial charge is 0.238 e. The third-order valence-electron chi connectivity index (χ3n) is 3.58. The molecule has 1 heterocycles. The van der Waals surface area contributed by atoms with Gasteiger partial charge in [-0.15, -0.1) is 0 Å². The first-order valence-electron chi connectivity index (χ1n) is 6.57. The molecule has 0 aliphatic carbocycles. The maximum atomic E-state index is 12.0. The van der Waals surface area contributed by atoms with Crippen LogP contribution in [-0.2, 0) is 9.53 Å². The zero-order valence-corrected chi connectivity index (χ0v) is 12.1. The Bertz CT molecular complexity index is 454. The second kappa shape index (κ2) is 5.31. The van der Waals surface area contributed by atoms with Crippen LogP contribution in [0.25, 0.3) is 0 Å². The fourth-order valence-corrected chi connectivity index (χ4v) is 2.24. The van der Waals surface area contributed by atoms with Gasteiger partial charge in [0.2, 0.25) is 5.91 Å². The van der Waals surface area contributed by atoms with E-state index < -0.39 is 0 Å². The topological polar surface area (TPSA) is 41.6 Å². The van der Waals surface area contributed by atoms with E-state index in [1.807, 2.05) is 18.7 Å². The normalized spacial score (nSPS) is 20.1. The summed E-state index contributed by atoms with van der Waals surface area (Å²) >= 11 is 0. The van der Waals surface area contributed by atoms with Gasteiger partial charge in [0.05, 0.1) is 18.7 Å². The van der Waals surface area contributed by atoms with Crippen LogP contribution in [0.15, 0.2) is 24.3 Å². The fourth-order valence-electron chi connectivity index (χ4n) is 2.24. The molecule has 1 unspecified atom stereocenters. The first kappa shape index (κ1) is 14.0. The van der Waals surface area contributed by atoms with Gasteiger partial charge in [-0.3, -0.25) is 10.1 Å². The molecule has 1 fully saturated rings. The summed E-state index contributed by atoms with van der Waals surface area (Å²) < 4.78 is 5.43. The Morgan fingerprint density at radius 3 is 2.58 bits per heavy atom. The van der Waals surface area contributed by atoms with E-state index in [1.54, 1.807) is 7.11 Å². The van der Waals surface area contributed by atoms with Crippen molar-refractivity contribution in [3.63, 3.8) is 0 Å². The predicted molar refractivity (Wildman–Crippen MR) is 74.7 cm³/mol. The van der Waals surface area contributed by atoms with Gasteiger partial charge in [0.25, 0.3) is 0 Å². The van der Waals surface area contributed by atoms with Crippen molar-refractivity contribution in [1.82, 2.24) is 10.2 Å². The number of ether oxygens (including phenoxy) is 1. The molecule has 1 aromatic rings. The lowest BCUT2D eigenvalue weighted by atomic mass is 10.1. The second-order valence-electron chi connectivity index (χ2n) is 5.68. The Morgan fingerprint density at radius 2 is 2.00 bits per heavy atom. The molecule has 4 heteroatoms. The van der Waals surface area contributed by atoms with Crippen molar-refractivity contribution < 1.29 is 9.53 Å². The van der Waals surface area contributed by atoms with Crippen LogP contribution in [0.2, 0.25) is 0 Å². The minimum atomic E-state index is -0.343. The van der Waals surface area contributed by atoms with Crippen LogP contribution in [0.1, 0.15) is 31.1 Å². The number of benzene rings is 1. The summed E-state index contributed by atoms with van der Waals surface area (Å²) in [4.78, 5) is 13.9. The van der Waals surface area contributed by atoms with E-state index in [9.17, 15) is 4.79 Å². The number of nitrogens with one attached hydrogen (secondary N) is 1. The molecule has 1 atom stereocenters. The maximum Gasteiger partial charge on any atom is 0.238 e. The highest BCUT2D eigenvalue weighted by molar-refractivity contribution is 5.81. The average molecular weight is 262 g/mol. The summed E-state index contributed by atoms with van der Waals surface area (Å²) in [5, 5.41) is 3.26. The van der Waals surface area contributed by atoms with Gasteiger partial charge >= 0.3 is 0 Å². The Morgan fingerprint density at radius 1 is 1.37 bits per heavy atom. The van der Waals surface area contributed by atoms with Crippen molar-refractivity contribution in [3.8, 4) is 0 Å². The summed E-state index contributed by atoms with van der Waals surface area (Å²) in [5.41, 5.74) is 1.99. The highest BCUT2D eigenvalue weighted by Crippen LogP contribution is 2.25. The summed E-state index contributed by atoms with van der Waals surface area (Å²) in [6, 6.07) is 8.27. The van der Waals surface area contributed by atoms with Crippen molar-refractivity contribution in [2.75, 3.05) is 20.2 Å². The summed E-state index contributed by atoms with van der Waals surface area (Å²) in [6.45, 7) is 7.00. The molecule has 19 heavy (non-hydrogen) atoms. The van der Waals surface area contributed by atoms with Crippen molar-refractivity contribution in [3.05, 3.63) is 35.4 Å². The quantitative estimate of drug-likeness (QED) is 0.900. The lowest BCUT2D eigenvalue weighted by molar-refractivity contribution is -0.131. The third kappa shape index (κ3) is 3.14. The molecule has 0 bridgehead atoms. The average Bonchev–Trinajstić information content (AvgIpc) is 2.72. The van der Waals surface area contributed by atoms with E-state index in [-0.39, 0.29) is 17.7 Å². The van der Waals surface area contributed by atoms with Crippen molar-refractivity contribution in [2.45, 2.75) is 32.5 Å². The molecule has 1 saturated heterocycles. The number of carbonyl (C=O) groups excluding carboxylic acids is 1. The van der Waals surface area contributed by atoms with Crippen LogP contribution < -0.4 is 5.32 Å². The molecule has 1 aliphatic rings. The lowest BCUT2D eigenvalue weighted by Crippen LogP contribution is -2.42. The molecule has 2 rings (SSSR count). The summed E-state index contributed by atoms with van der Waals surface area (Å²) in [5.74, 6) is 0.121. The molecule has 0 spiro atoms. The van der Waals surface area contributed by atoms with E-state index in [0.717, 1.165) is 5.56 Å². The molecule has 0 aromatic heterocycles. The Balaban J connectivity index is 2.20. The monoisotopic (exact) mass is 262 g/mol. The zero-order chi connectivity index (χ0) is 14.0. The number of nitrogens with zero attached hydrogens (tertiary/aromatic N) is 1. The van der Waals surface area contributed by atoms with Crippen LogP contribution >= 0.6 is 0 Å². The molecule has 104 valence electrons. The first-order valence-corrected chi connectivity index (χ1v) is 6.57. The van der Waals surface area contributed by atoms with Crippen LogP contribution in [-0.4, -0.2) is 36.6 Å². The van der Waals surface area contributed by atoms with Crippen molar-refractivity contribution in [1.29, 1.82) is 0 Å². The number of carbonyl (C=O) groups is 1. The lowest BCUT2D eigenvalue weighted by Gasteiger charge is -2.32. The van der Waals surface area contributed by atoms with Gasteiger partial charge in [0, 0.05) is 7.11 Å². The zero-order valence-electron chi connectivity index (χ0n) is 12.1. The van der Waals surface area contributed by atoms with Gasteiger partial charge in [0.15, 0.2) is 0 Å². The molecule has 0 saturated carbocycles. The molecule has 1 N–H and O–H groups in total. The first-order chi connectivity index (χ1) is 8.93. The van der Waals surface area contributed by atoms with Gasteiger partial charge in [-0.2, -0.15) is 0 Å². The number of hydrogen-bond acceptors (Lipinski definition) is 3. The van der Waals surface area contributed by atoms with Crippen LogP contribution in [0.4, 0.5) is 0 Å². The Labute approximate surface area is 114 Å². The summed E-state index contributed by atoms with van der Waals surface area (Å²) in [7, 11) is 1.68. The highest BCUT2D eigenvalue weighted by Gasteiger charge is 2.35. The van der Waals surface area contributed by atoms with E-state index in [1.165, 1.54) is 5.56 Å². The molecule has 0 radical (unpaired) electrons. The number of aryl methyl sites for hydroxylation is 1. The number of hydrogen-bond donors (Lipinski definition) is 1. The van der Waals surface area contributed by atoms with Crippen molar-refractivity contribution >= 4 is 5.91 Å². The third-order valence-corrected chi connectivity index (χ3v) is 3.58. The molecule has 4 nitrogen and oxygen atoms in total. The van der Waals surface area contributed by atoms with Gasteiger partial charge in [0.1, 0.15) is 6.17 Å². The molecular formula is C15H22N2O2. The Kier molecular flexibility index (Phi) is 3.92. The minimum absolute atomic E-state index is 0.0532. The summed E-state index contributed by atoms with van der Waals surface area (Å²) in [6.07, 6.45) is -0.0532. The second-order valence-corrected chi connectivity index (χ2v) is 5.68. The van der Waals surface area contributed by atoms with Gasteiger partial charge < -0.3 is 9.64 Å². The standard InChI is InChI=1S/C15H22N2O2/c1-11-5-7-12(8-6-11)14-16-9-13(18)17(14)10-15(2,3)19-4/h5-8,14,16H,9-10H2,1-4H3. The number of amides is 1. The van der Waals surface area contributed by atoms with Gasteiger partial charge in [-0.1, -0.05) is 29.8 Å². The van der Waals surface area contributed by atoms with Crippen LogP contribution in [0.3, 0.4) is 0 Å². The van der Waals surface area contributed by atoms with Crippen LogP contribution in [0, 0.1) is 6.92 Å². The van der Waals surface area contributed by atoms with Gasteiger partial charge in [-0.25, -0.2) is 0 Å². The van der Waals surface area contributed by atoms with E-state index >= 15 is 0 Å². The largest absolute Gasteiger partial charge is 0.377 e. The molecule has 1 aromatic carbocycles. The number of rotatable bonds is 4. The molecule has 1 amide bonds. The van der Waals surface area contributed by atoms with Gasteiger partial charge in [-0.05, 0) is 26.3 Å². The molecule has 1 aliphatic heterocycles. The Hall–Kier alpha value is -1.39. The van der Waals surface area contributed by atoms with E-state index in [2.05, 4.69) is 36.5 Å². The van der Waals surface area contributed by atoms with E-state index in [0.29, 0.717) is 13.1 Å². The SMILES string of the molecule is COC(C)(C)CN1C(=O)CNC1c1ccc(C)cc1. The van der Waals surface area contributed by atoms with E-state index in [4.69, 9.17) is 4.74 Å². The maximum absolute atomic E-state index is 12.0. The van der Waals surface area contributed by atoms with Crippen LogP contribution in [0.5, 0.6) is 0 Å². The molecular weight excluding hydrogens is 240 g/mol. The number of methoxy groups -OCH3 is 1. The highest BCUT2D eigenvalue weighted by atomic mass is 16.5. The van der Waals surface area contributed by atoms with Crippen molar-refractivity contribution in [2.24, 2.45) is 0 Å². The minimum Gasteiger partial charge on any atom is -0.377 e. The fraction of sp³-hybridized carbons (Fsp3) is 0.533. The predicted octanol–water partition coefficient (Wildman–Crippen LogP) is 1.85.